The molecule has 49 heavy (non-hydrogen) atoms. The lowest BCUT2D eigenvalue weighted by molar-refractivity contribution is 0.632. The van der Waals surface area contributed by atoms with Gasteiger partial charge < -0.3 is 4.42 Å². The second-order valence-electron chi connectivity index (χ2n) is 11.1. The van der Waals surface area contributed by atoms with Crippen molar-refractivity contribution in [2.75, 3.05) is 0 Å². The molecule has 0 aliphatic carbocycles. The minimum Gasteiger partial charge on any atom is -0.455 e. The van der Waals surface area contributed by atoms with E-state index >= 15 is 0 Å². The third kappa shape index (κ3) is 4.40. The molecule has 1 heteroatoms. The summed E-state index contributed by atoms with van der Waals surface area (Å²) in [5.74, 6) is -0.491. The van der Waals surface area contributed by atoms with Crippen LogP contribution < -0.4 is 0 Å². The first-order valence-electron chi connectivity index (χ1n) is 26.1. The lowest BCUT2D eigenvalue weighted by Crippen LogP contribution is -1.91. The lowest BCUT2D eigenvalue weighted by atomic mass is 9.84. The number of hydrogen-bond donors (Lipinski definition) is 0. The van der Waals surface area contributed by atoms with Crippen molar-refractivity contribution in [3.63, 3.8) is 0 Å². The topological polar surface area (TPSA) is 13.1 Å². The van der Waals surface area contributed by atoms with Crippen molar-refractivity contribution in [3.8, 4) is 44.7 Å². The summed E-state index contributed by atoms with van der Waals surface area (Å²) in [4.78, 5) is 0. The zero-order chi connectivity index (χ0) is 51.5. The predicted molar refractivity (Wildman–Crippen MR) is 208 cm³/mol. The van der Waals surface area contributed by atoms with Gasteiger partial charge in [0.05, 0.1) is 30.2 Å². The molecule has 0 fully saturated rings. The highest BCUT2D eigenvalue weighted by atomic mass is 16.3. The van der Waals surface area contributed by atoms with Crippen molar-refractivity contribution >= 4 is 54.1 Å². The van der Waals surface area contributed by atoms with Crippen LogP contribution >= 0.6 is 0 Å². The van der Waals surface area contributed by atoms with Crippen LogP contribution in [0.25, 0.3) is 98.8 Å². The minimum atomic E-state index is -0.861. The zero-order valence-electron chi connectivity index (χ0n) is 47.0. The first kappa shape index (κ1) is 13.6. The van der Waals surface area contributed by atoms with E-state index in [2.05, 4.69) is 0 Å². The Hall–Kier alpha value is -6.44. The largest absolute Gasteiger partial charge is 0.455 e. The van der Waals surface area contributed by atoms with Crippen molar-refractivity contribution in [3.05, 3.63) is 181 Å². The third-order valence-electron chi connectivity index (χ3n) is 8.46. The fourth-order valence-electron chi connectivity index (χ4n) is 6.35. The lowest BCUT2D eigenvalue weighted by Gasteiger charge is -2.18. The van der Waals surface area contributed by atoms with Gasteiger partial charge >= 0.3 is 0 Å². The molecule has 1 aromatic heterocycles. The molecule has 0 saturated carbocycles. The smallest absolute Gasteiger partial charge is 0.143 e. The van der Waals surface area contributed by atoms with Crippen LogP contribution in [0.1, 0.15) is 30.2 Å². The van der Waals surface area contributed by atoms with Crippen molar-refractivity contribution in [2.45, 2.75) is 0 Å². The predicted octanol–water partition coefficient (Wildman–Crippen LogP) is 13.7. The van der Waals surface area contributed by atoms with Crippen molar-refractivity contribution in [2.24, 2.45) is 0 Å². The van der Waals surface area contributed by atoms with Crippen molar-refractivity contribution in [1.29, 1.82) is 0 Å². The first-order chi connectivity index (χ1) is 33.5. The highest BCUT2D eigenvalue weighted by Gasteiger charge is 2.24. The summed E-state index contributed by atoms with van der Waals surface area (Å²) >= 11 is 0. The van der Waals surface area contributed by atoms with Crippen LogP contribution in [0.2, 0.25) is 0 Å². The van der Waals surface area contributed by atoms with E-state index in [1.54, 1.807) is 42.5 Å². The van der Waals surface area contributed by atoms with Gasteiger partial charge in [-0.1, -0.05) is 163 Å². The van der Waals surface area contributed by atoms with E-state index in [9.17, 15) is 11.0 Å². The van der Waals surface area contributed by atoms with Gasteiger partial charge in [-0.25, -0.2) is 0 Å². The summed E-state index contributed by atoms with van der Waals surface area (Å²) in [6.45, 7) is 0. The molecule has 9 aromatic carbocycles. The van der Waals surface area contributed by atoms with E-state index in [1.807, 2.05) is 0 Å². The summed E-state index contributed by atoms with van der Waals surface area (Å²) in [5, 5.41) is -3.71. The average Bonchev–Trinajstić information content (AvgIpc) is 3.73. The van der Waals surface area contributed by atoms with Gasteiger partial charge in [0.25, 0.3) is 0 Å². The quantitative estimate of drug-likeness (QED) is 0.137. The number of fused-ring (bicyclic) bond motifs is 6. The Balaban J connectivity index is 1.53. The second-order valence-corrected chi connectivity index (χ2v) is 11.1. The molecule has 0 saturated heterocycles. The van der Waals surface area contributed by atoms with Gasteiger partial charge in [0.2, 0.25) is 0 Å². The van der Waals surface area contributed by atoms with Gasteiger partial charge in [-0.05, 0) is 83.5 Å². The molecule has 0 aliphatic rings. The number of rotatable bonds is 4. The molecule has 0 aliphatic heterocycles. The number of hydrogen-bond acceptors (Lipinski definition) is 1. The van der Waals surface area contributed by atoms with Crippen molar-refractivity contribution < 1.29 is 34.6 Å². The molecule has 0 unspecified atom stereocenters. The van der Waals surface area contributed by atoms with E-state index < -0.39 is 204 Å². The van der Waals surface area contributed by atoms with Gasteiger partial charge in [-0.15, -0.1) is 0 Å². The first-order valence-corrected chi connectivity index (χ1v) is 15.1. The molecule has 10 rings (SSSR count). The number of benzene rings is 9. The van der Waals surface area contributed by atoms with Gasteiger partial charge in [-0.3, -0.25) is 0 Å². The molecular weight excluding hydrogens is 593 g/mol. The number of furan rings is 1. The van der Waals surface area contributed by atoms with Gasteiger partial charge in [-0.2, -0.15) is 0 Å². The normalized spacial score (nSPS) is 18.0. The highest BCUT2D eigenvalue weighted by molar-refractivity contribution is 6.25. The summed E-state index contributed by atoms with van der Waals surface area (Å²) in [6.07, 6.45) is 0. The van der Waals surface area contributed by atoms with Gasteiger partial charge in [0.1, 0.15) is 11.3 Å². The molecule has 1 heterocycles. The Kier molecular flexibility index (Phi) is 3.07. The fraction of sp³-hybridized carbons (Fsp3) is 0. The highest BCUT2D eigenvalue weighted by Crippen LogP contribution is 2.50. The zero-order valence-corrected chi connectivity index (χ0v) is 25.0. The Labute approximate surface area is 315 Å². The summed E-state index contributed by atoms with van der Waals surface area (Å²) in [6, 6.07) is -3.95. The Morgan fingerprint density at radius 1 is 0.367 bits per heavy atom. The molecule has 0 spiro atoms. The SMILES string of the molecule is [2H]c1c([2H])c([2H])c(-c2c3c([2H])c([2H])c([2H])c([2H])c3c(-c3c(-c4c([2H])c([2H])c5c(c4[2H])c([2H])c([2H])c4c([2H])c([2H])c([2H])c([2H])c45)oc4ccc(-c5ccccc5)cc34)c3c([2H])c([2H])c([2H])c([2H])c23)c([2H])c1[2H]. The van der Waals surface area contributed by atoms with E-state index in [0.29, 0.717) is 11.1 Å². The molecule has 0 amide bonds. The van der Waals surface area contributed by atoms with Crippen LogP contribution in [0.3, 0.4) is 0 Å². The van der Waals surface area contributed by atoms with Crippen LogP contribution in [0.4, 0.5) is 0 Å². The van der Waals surface area contributed by atoms with Gasteiger partial charge in [0, 0.05) is 22.1 Å². The van der Waals surface area contributed by atoms with Crippen molar-refractivity contribution in [1.82, 2.24) is 0 Å². The maximum Gasteiger partial charge on any atom is 0.143 e. The molecule has 1 nitrogen and oxygen atoms in total. The summed E-state index contributed by atoms with van der Waals surface area (Å²) in [7, 11) is 0. The van der Waals surface area contributed by atoms with Crippen LogP contribution in [-0.4, -0.2) is 0 Å². The summed E-state index contributed by atoms with van der Waals surface area (Å²) in [5.41, 5.74) is -1.24. The monoisotopic (exact) mass is 644 g/mol. The van der Waals surface area contributed by atoms with E-state index in [-0.39, 0.29) is 16.5 Å². The summed E-state index contributed by atoms with van der Waals surface area (Å²) < 4.78 is 206. The molecule has 0 N–H and O–H groups in total. The Bertz CT molecular complexity index is 4020. The maximum absolute atomic E-state index is 9.82. The van der Waals surface area contributed by atoms with Crippen LogP contribution in [0.15, 0.2) is 186 Å². The molecule has 0 atom stereocenters. The second kappa shape index (κ2) is 11.1. The third-order valence-corrected chi connectivity index (χ3v) is 8.46. The van der Waals surface area contributed by atoms with E-state index in [1.165, 1.54) is 6.07 Å². The Morgan fingerprint density at radius 2 is 0.980 bits per heavy atom. The standard InChI is InChI=1S/C48H30O/c1-3-13-31(14-4-1)34-26-28-44-43(30-34)47(48(49-44)36-25-27-38-35(29-36)24-23-32-15-7-8-18-37(32)38)46-41-21-11-9-19-39(41)45(33-16-5-2-6-17-33)40-20-10-12-22-42(40)46/h1-30H/i2D,5D,6D,7D,8D,9D,10D,11D,12D,15D,16D,17D,18D,19D,20D,21D,22D,23D,24D,25D,27D,29D. The fourth-order valence-corrected chi connectivity index (χ4v) is 6.35. The van der Waals surface area contributed by atoms with Gasteiger partial charge in [0.15, 0.2) is 0 Å². The van der Waals surface area contributed by atoms with Crippen LogP contribution in [0.5, 0.6) is 0 Å². The average molecular weight is 645 g/mol. The van der Waals surface area contributed by atoms with Crippen LogP contribution in [-0.2, 0) is 0 Å². The maximum atomic E-state index is 9.82. The van der Waals surface area contributed by atoms with E-state index in [4.69, 9.17) is 23.6 Å². The van der Waals surface area contributed by atoms with Crippen LogP contribution in [0, 0.1) is 0 Å². The molecule has 228 valence electrons. The minimum absolute atomic E-state index is 0.0160. The molecule has 0 bridgehead atoms. The Morgan fingerprint density at radius 3 is 1.71 bits per heavy atom. The van der Waals surface area contributed by atoms with E-state index in [0.717, 1.165) is 0 Å². The molecule has 0 radical (unpaired) electrons. The molecular formula is C48H30O. The molecule has 10 aromatic rings.